The lowest BCUT2D eigenvalue weighted by atomic mass is 10.0. The van der Waals surface area contributed by atoms with Crippen LogP contribution in [0.25, 0.3) is 0 Å². The summed E-state index contributed by atoms with van der Waals surface area (Å²) in [5.41, 5.74) is -1.79. The van der Waals surface area contributed by atoms with Gasteiger partial charge in [0.25, 0.3) is 0 Å². The minimum absolute atomic E-state index is 0.0647. The predicted octanol–water partition coefficient (Wildman–Crippen LogP) is 5.40. The number of nitrogens with zero attached hydrogens (tertiary/aromatic N) is 1. The lowest BCUT2D eigenvalue weighted by molar-refractivity contribution is -0.138. The second kappa shape index (κ2) is 5.44. The molecule has 3 nitrogen and oxygen atoms in total. The summed E-state index contributed by atoms with van der Waals surface area (Å²) in [5, 5.41) is 8.66. The van der Waals surface area contributed by atoms with Crippen molar-refractivity contribution >= 4 is 39.3 Å². The maximum atomic E-state index is 12.8. The zero-order valence-electron chi connectivity index (χ0n) is 10.8. The molecule has 1 aromatic carbocycles. The molecule has 0 aromatic heterocycles. The van der Waals surface area contributed by atoms with Crippen molar-refractivity contribution < 1.29 is 23.1 Å². The Morgan fingerprint density at radius 1 is 1.30 bits per heavy atom. The normalized spacial score (nSPS) is 12.4. The number of amides is 1. The van der Waals surface area contributed by atoms with E-state index in [9.17, 15) is 23.1 Å². The molecule has 0 aliphatic carbocycles. The highest BCUT2D eigenvalue weighted by atomic mass is 79.9. The minimum atomic E-state index is -4.62. The summed E-state index contributed by atoms with van der Waals surface area (Å²) in [6, 6.07) is 2.09. The van der Waals surface area contributed by atoms with Crippen molar-refractivity contribution in [3.05, 3.63) is 27.2 Å². The molecule has 0 saturated heterocycles. The van der Waals surface area contributed by atoms with Gasteiger partial charge in [-0.3, -0.25) is 4.90 Å². The highest BCUT2D eigenvalue weighted by Gasteiger charge is 2.37. The van der Waals surface area contributed by atoms with Crippen LogP contribution in [0.4, 0.5) is 23.7 Å². The Labute approximate surface area is 127 Å². The Morgan fingerprint density at radius 3 is 2.10 bits per heavy atom. The second-order valence-corrected chi connectivity index (χ2v) is 6.33. The topological polar surface area (TPSA) is 40.5 Å². The summed E-state index contributed by atoms with van der Waals surface area (Å²) in [7, 11) is 0. The van der Waals surface area contributed by atoms with Gasteiger partial charge in [0.15, 0.2) is 0 Å². The third kappa shape index (κ3) is 3.58. The van der Waals surface area contributed by atoms with Crippen LogP contribution in [-0.4, -0.2) is 16.7 Å². The third-order valence-corrected chi connectivity index (χ3v) is 3.35. The van der Waals surface area contributed by atoms with Crippen LogP contribution in [-0.2, 0) is 6.18 Å². The van der Waals surface area contributed by atoms with Crippen molar-refractivity contribution in [1.82, 2.24) is 0 Å². The molecule has 8 heteroatoms. The molecule has 0 saturated carbocycles. The molecule has 0 bridgehead atoms. The molecule has 0 aliphatic rings. The summed E-state index contributed by atoms with van der Waals surface area (Å²) < 4.78 is 38.1. The predicted molar refractivity (Wildman–Crippen MR) is 74.4 cm³/mol. The van der Waals surface area contributed by atoms with Gasteiger partial charge in [-0.05, 0) is 32.9 Å². The lowest BCUT2D eigenvalue weighted by Crippen LogP contribution is -2.45. The SMILES string of the molecule is CC(C)(C)N(C(=O)O)c1cc(Cl)c(C(F)(F)F)c(Br)c1. The average Bonchev–Trinajstić information content (AvgIpc) is 2.09. The number of anilines is 1. The van der Waals surface area contributed by atoms with E-state index in [0.29, 0.717) is 0 Å². The van der Waals surface area contributed by atoms with E-state index in [4.69, 9.17) is 11.6 Å². The maximum Gasteiger partial charge on any atom is 0.418 e. The number of carbonyl (C=O) groups is 1. The van der Waals surface area contributed by atoms with Crippen LogP contribution < -0.4 is 4.90 Å². The first-order valence-electron chi connectivity index (χ1n) is 5.45. The van der Waals surface area contributed by atoms with Gasteiger partial charge in [-0.2, -0.15) is 13.2 Å². The van der Waals surface area contributed by atoms with Crippen LogP contribution in [0.3, 0.4) is 0 Å². The molecular formula is C12H12BrClF3NO2. The van der Waals surface area contributed by atoms with E-state index < -0.39 is 28.4 Å². The van der Waals surface area contributed by atoms with Gasteiger partial charge in [-0.25, -0.2) is 4.79 Å². The van der Waals surface area contributed by atoms with E-state index in [1.807, 2.05) is 0 Å². The Morgan fingerprint density at radius 2 is 1.80 bits per heavy atom. The molecule has 1 amide bonds. The molecule has 0 heterocycles. The van der Waals surface area contributed by atoms with Gasteiger partial charge in [-0.1, -0.05) is 27.5 Å². The highest BCUT2D eigenvalue weighted by Crippen LogP contribution is 2.42. The van der Waals surface area contributed by atoms with Crippen LogP contribution in [0, 0.1) is 0 Å². The Kier molecular flexibility index (Phi) is 4.65. The Bertz CT molecular complexity index is 517. The van der Waals surface area contributed by atoms with E-state index in [1.165, 1.54) is 0 Å². The van der Waals surface area contributed by atoms with E-state index in [1.54, 1.807) is 20.8 Å². The molecule has 0 radical (unpaired) electrons. The summed E-state index contributed by atoms with van der Waals surface area (Å²) in [5.74, 6) is 0. The molecule has 1 rings (SSSR count). The quantitative estimate of drug-likeness (QED) is 0.714. The van der Waals surface area contributed by atoms with Crippen molar-refractivity contribution in [2.45, 2.75) is 32.5 Å². The number of hydrogen-bond acceptors (Lipinski definition) is 1. The molecule has 0 aliphatic heterocycles. The van der Waals surface area contributed by atoms with Gasteiger partial charge in [0.2, 0.25) is 0 Å². The van der Waals surface area contributed by atoms with Crippen LogP contribution in [0.5, 0.6) is 0 Å². The van der Waals surface area contributed by atoms with E-state index in [0.717, 1.165) is 17.0 Å². The Hall–Kier alpha value is -0.950. The summed E-state index contributed by atoms with van der Waals surface area (Å²) in [4.78, 5) is 12.2. The van der Waals surface area contributed by atoms with Gasteiger partial charge in [0, 0.05) is 10.0 Å². The number of carboxylic acid groups (broad SMARTS) is 1. The van der Waals surface area contributed by atoms with Gasteiger partial charge in [0.1, 0.15) is 0 Å². The molecule has 0 fully saturated rings. The first-order chi connectivity index (χ1) is 8.85. The van der Waals surface area contributed by atoms with Crippen molar-refractivity contribution in [3.8, 4) is 0 Å². The fraction of sp³-hybridized carbons (Fsp3) is 0.417. The van der Waals surface area contributed by atoms with E-state index in [-0.39, 0.29) is 10.2 Å². The minimum Gasteiger partial charge on any atom is -0.465 e. The lowest BCUT2D eigenvalue weighted by Gasteiger charge is -2.33. The number of hydrogen-bond donors (Lipinski definition) is 1. The molecule has 0 unspecified atom stereocenters. The van der Waals surface area contributed by atoms with E-state index >= 15 is 0 Å². The fourth-order valence-corrected chi connectivity index (χ4v) is 2.85. The van der Waals surface area contributed by atoms with Gasteiger partial charge in [0.05, 0.1) is 16.3 Å². The van der Waals surface area contributed by atoms with Crippen molar-refractivity contribution in [3.63, 3.8) is 0 Å². The van der Waals surface area contributed by atoms with Crippen LogP contribution in [0.2, 0.25) is 5.02 Å². The van der Waals surface area contributed by atoms with Crippen LogP contribution in [0.1, 0.15) is 26.3 Å². The van der Waals surface area contributed by atoms with Crippen LogP contribution in [0.15, 0.2) is 16.6 Å². The monoisotopic (exact) mass is 373 g/mol. The average molecular weight is 375 g/mol. The third-order valence-electron chi connectivity index (χ3n) is 2.43. The van der Waals surface area contributed by atoms with Gasteiger partial charge >= 0.3 is 12.3 Å². The zero-order valence-corrected chi connectivity index (χ0v) is 13.2. The van der Waals surface area contributed by atoms with Gasteiger partial charge in [-0.15, -0.1) is 0 Å². The zero-order chi connectivity index (χ0) is 15.9. The molecule has 1 N–H and O–H groups in total. The Balaban J connectivity index is 3.47. The molecular weight excluding hydrogens is 362 g/mol. The highest BCUT2D eigenvalue weighted by molar-refractivity contribution is 9.10. The molecule has 0 atom stereocenters. The summed E-state index contributed by atoms with van der Waals surface area (Å²) in [6.07, 6.45) is -5.90. The maximum absolute atomic E-state index is 12.8. The number of alkyl halides is 3. The largest absolute Gasteiger partial charge is 0.465 e. The summed E-state index contributed by atoms with van der Waals surface area (Å²) >= 11 is 8.44. The summed E-state index contributed by atoms with van der Waals surface area (Å²) in [6.45, 7) is 4.88. The number of rotatable bonds is 1. The fourth-order valence-electron chi connectivity index (χ4n) is 1.74. The first kappa shape index (κ1) is 17.1. The molecule has 112 valence electrons. The number of halogens is 5. The van der Waals surface area contributed by atoms with Crippen molar-refractivity contribution in [2.24, 2.45) is 0 Å². The van der Waals surface area contributed by atoms with E-state index in [2.05, 4.69) is 15.9 Å². The second-order valence-electron chi connectivity index (χ2n) is 5.07. The van der Waals surface area contributed by atoms with Crippen molar-refractivity contribution in [2.75, 3.05) is 4.90 Å². The standard InChI is InChI=1S/C12H12BrClF3NO2/c1-11(2,3)18(10(19)20)6-4-7(13)9(8(14)5-6)12(15,16)17/h4-5H,1-3H3,(H,19,20). The van der Waals surface area contributed by atoms with Crippen LogP contribution >= 0.6 is 27.5 Å². The molecule has 20 heavy (non-hydrogen) atoms. The molecule has 0 spiro atoms. The number of benzene rings is 1. The van der Waals surface area contributed by atoms with Gasteiger partial charge < -0.3 is 5.11 Å². The van der Waals surface area contributed by atoms with Crippen molar-refractivity contribution in [1.29, 1.82) is 0 Å². The first-order valence-corrected chi connectivity index (χ1v) is 6.62. The molecule has 1 aromatic rings. The smallest absolute Gasteiger partial charge is 0.418 e.